The van der Waals surface area contributed by atoms with Crippen LogP contribution in [0, 0.1) is 0 Å². The Morgan fingerprint density at radius 1 is 1.28 bits per heavy atom. The maximum Gasteiger partial charge on any atom is 0.269 e. The molecule has 0 amide bonds. The Morgan fingerprint density at radius 2 is 2.00 bits per heavy atom. The second-order valence-corrected chi connectivity index (χ2v) is 5.51. The van der Waals surface area contributed by atoms with Crippen molar-refractivity contribution in [2.75, 3.05) is 0 Å². The van der Waals surface area contributed by atoms with Gasteiger partial charge in [-0.15, -0.1) is 0 Å². The molecule has 0 unspecified atom stereocenters. The predicted molar refractivity (Wildman–Crippen MR) is 76.8 cm³/mol. The Balaban J connectivity index is 2.41. The van der Waals surface area contributed by atoms with Crippen molar-refractivity contribution in [3.05, 3.63) is 60.1 Å². The topological polar surface area (TPSA) is 34.9 Å². The summed E-state index contributed by atoms with van der Waals surface area (Å²) >= 11 is 20.7. The second-order valence-electron chi connectivity index (χ2n) is 3.52. The van der Waals surface area contributed by atoms with E-state index in [1.807, 2.05) is 0 Å². The van der Waals surface area contributed by atoms with E-state index in [1.54, 1.807) is 18.2 Å². The van der Waals surface area contributed by atoms with Crippen molar-refractivity contribution in [3.63, 3.8) is 0 Å². The van der Waals surface area contributed by atoms with E-state index in [0.717, 1.165) is 5.56 Å². The largest absolute Gasteiger partial charge is 0.294 e. The average molecular weight is 368 g/mol. The van der Waals surface area contributed by atoms with E-state index in [9.17, 15) is 4.79 Å². The molecule has 1 aromatic carbocycles. The Hall–Kier alpha value is -0.550. The van der Waals surface area contributed by atoms with Crippen LogP contribution in [-0.2, 0) is 6.54 Å². The first-order valence-electron chi connectivity index (χ1n) is 4.83. The summed E-state index contributed by atoms with van der Waals surface area (Å²) in [6.45, 7) is 0.303. The summed E-state index contributed by atoms with van der Waals surface area (Å²) in [7, 11) is 0. The van der Waals surface area contributed by atoms with E-state index >= 15 is 0 Å². The monoisotopic (exact) mass is 366 g/mol. The van der Waals surface area contributed by atoms with E-state index in [-0.39, 0.29) is 15.2 Å². The van der Waals surface area contributed by atoms with Gasteiger partial charge in [-0.25, -0.2) is 4.98 Å². The minimum Gasteiger partial charge on any atom is -0.294 e. The molecule has 94 valence electrons. The zero-order valence-electron chi connectivity index (χ0n) is 8.83. The molecule has 0 aliphatic rings. The predicted octanol–water partition coefficient (Wildman–Crippen LogP) is 4.01. The number of aromatic nitrogens is 2. The number of halogens is 4. The van der Waals surface area contributed by atoms with Crippen LogP contribution in [0.2, 0.25) is 15.2 Å². The summed E-state index contributed by atoms with van der Waals surface area (Å²) in [5, 5.41) is 1.19. The van der Waals surface area contributed by atoms with Crippen LogP contribution in [0.5, 0.6) is 0 Å². The van der Waals surface area contributed by atoms with E-state index in [0.29, 0.717) is 16.6 Å². The molecule has 0 fully saturated rings. The fourth-order valence-electron chi connectivity index (χ4n) is 1.39. The summed E-state index contributed by atoms with van der Waals surface area (Å²) in [6, 6.07) is 5.10. The summed E-state index contributed by atoms with van der Waals surface area (Å²) in [5.41, 5.74) is 0.514. The summed E-state index contributed by atoms with van der Waals surface area (Å²) in [5.74, 6) is 0. The highest BCUT2D eigenvalue weighted by atomic mass is 79.9. The van der Waals surface area contributed by atoms with Crippen LogP contribution in [0.3, 0.4) is 0 Å². The van der Waals surface area contributed by atoms with Crippen LogP contribution in [0.4, 0.5) is 0 Å². The molecule has 7 heteroatoms. The summed E-state index contributed by atoms with van der Waals surface area (Å²) in [4.78, 5) is 15.8. The van der Waals surface area contributed by atoms with Gasteiger partial charge in [0.25, 0.3) is 5.56 Å². The molecular formula is C11H6BrCl3N2O. The van der Waals surface area contributed by atoms with Crippen LogP contribution < -0.4 is 5.56 Å². The van der Waals surface area contributed by atoms with Gasteiger partial charge in [0.1, 0.15) is 4.47 Å². The molecule has 0 bridgehead atoms. The van der Waals surface area contributed by atoms with Crippen molar-refractivity contribution in [1.82, 2.24) is 9.55 Å². The number of nitrogens with zero attached hydrogens (tertiary/aromatic N) is 2. The van der Waals surface area contributed by atoms with Gasteiger partial charge in [-0.05, 0) is 33.6 Å². The molecular weight excluding hydrogens is 362 g/mol. The van der Waals surface area contributed by atoms with Crippen LogP contribution >= 0.6 is 50.7 Å². The third kappa shape index (κ3) is 2.88. The quantitative estimate of drug-likeness (QED) is 0.751. The molecule has 0 N–H and O–H groups in total. The van der Waals surface area contributed by atoms with Gasteiger partial charge in [0.2, 0.25) is 0 Å². The minimum atomic E-state index is -0.263. The zero-order chi connectivity index (χ0) is 13.3. The van der Waals surface area contributed by atoms with Crippen molar-refractivity contribution >= 4 is 50.7 Å². The smallest absolute Gasteiger partial charge is 0.269 e. The highest BCUT2D eigenvalue weighted by Crippen LogP contribution is 2.22. The molecule has 2 aromatic rings. The molecule has 3 nitrogen and oxygen atoms in total. The summed E-state index contributed by atoms with van der Waals surface area (Å²) < 4.78 is 1.64. The van der Waals surface area contributed by atoms with Crippen molar-refractivity contribution < 1.29 is 0 Å². The maximum absolute atomic E-state index is 11.9. The third-order valence-electron chi connectivity index (χ3n) is 2.30. The Bertz CT molecular complexity index is 657. The van der Waals surface area contributed by atoms with Crippen LogP contribution in [0.1, 0.15) is 5.56 Å². The zero-order valence-corrected chi connectivity index (χ0v) is 12.7. The lowest BCUT2D eigenvalue weighted by Gasteiger charge is -2.08. The Morgan fingerprint density at radius 3 is 2.67 bits per heavy atom. The molecule has 0 atom stereocenters. The van der Waals surface area contributed by atoms with Gasteiger partial charge in [0.05, 0.1) is 12.9 Å². The van der Waals surface area contributed by atoms with Crippen LogP contribution in [0.25, 0.3) is 0 Å². The normalized spacial score (nSPS) is 10.7. The first-order chi connectivity index (χ1) is 8.49. The molecule has 1 heterocycles. The van der Waals surface area contributed by atoms with Crippen molar-refractivity contribution in [2.24, 2.45) is 0 Å². The van der Waals surface area contributed by atoms with E-state index in [1.165, 1.54) is 10.9 Å². The lowest BCUT2D eigenvalue weighted by molar-refractivity contribution is 0.731. The Kier molecular flexibility index (Phi) is 4.33. The Labute approximate surface area is 126 Å². The van der Waals surface area contributed by atoms with Gasteiger partial charge >= 0.3 is 0 Å². The fourth-order valence-corrected chi connectivity index (χ4v) is 2.31. The maximum atomic E-state index is 11.9. The van der Waals surface area contributed by atoms with Crippen LogP contribution in [-0.4, -0.2) is 9.55 Å². The van der Waals surface area contributed by atoms with Gasteiger partial charge in [0.15, 0.2) is 5.15 Å². The highest BCUT2D eigenvalue weighted by molar-refractivity contribution is 9.10. The van der Waals surface area contributed by atoms with Gasteiger partial charge in [-0.1, -0.05) is 40.9 Å². The fraction of sp³-hybridized carbons (Fsp3) is 0.0909. The number of hydrogen-bond acceptors (Lipinski definition) is 2. The molecule has 0 spiro atoms. The molecule has 1 aromatic heterocycles. The van der Waals surface area contributed by atoms with E-state index in [4.69, 9.17) is 34.8 Å². The first kappa shape index (κ1) is 13.9. The standard InChI is InChI=1S/C11H6BrCl3N2O/c12-9-10(15)16-5-17(11(9)18)4-6-1-2-7(13)3-8(6)14/h1-3,5H,4H2. The number of benzene rings is 1. The molecule has 0 aliphatic carbocycles. The second kappa shape index (κ2) is 5.61. The molecule has 0 saturated carbocycles. The van der Waals surface area contributed by atoms with Crippen molar-refractivity contribution in [1.29, 1.82) is 0 Å². The molecule has 0 radical (unpaired) electrons. The SMILES string of the molecule is O=c1c(Br)c(Cl)ncn1Cc1ccc(Cl)cc1Cl. The number of hydrogen-bond donors (Lipinski definition) is 0. The lowest BCUT2D eigenvalue weighted by atomic mass is 10.2. The van der Waals surface area contributed by atoms with Gasteiger partial charge < -0.3 is 0 Å². The van der Waals surface area contributed by atoms with Gasteiger partial charge in [0, 0.05) is 10.0 Å². The first-order valence-corrected chi connectivity index (χ1v) is 6.76. The third-order valence-corrected chi connectivity index (χ3v) is 4.11. The number of rotatable bonds is 2. The molecule has 2 rings (SSSR count). The molecule has 0 aliphatic heterocycles. The van der Waals surface area contributed by atoms with E-state index < -0.39 is 0 Å². The van der Waals surface area contributed by atoms with E-state index in [2.05, 4.69) is 20.9 Å². The lowest BCUT2D eigenvalue weighted by Crippen LogP contribution is -2.22. The minimum absolute atomic E-state index is 0.137. The summed E-state index contributed by atoms with van der Waals surface area (Å²) in [6.07, 6.45) is 1.38. The van der Waals surface area contributed by atoms with Crippen molar-refractivity contribution in [3.8, 4) is 0 Å². The highest BCUT2D eigenvalue weighted by Gasteiger charge is 2.09. The molecule has 18 heavy (non-hydrogen) atoms. The molecule has 0 saturated heterocycles. The van der Waals surface area contributed by atoms with Crippen LogP contribution in [0.15, 0.2) is 33.8 Å². The van der Waals surface area contributed by atoms with Crippen molar-refractivity contribution in [2.45, 2.75) is 6.54 Å². The average Bonchev–Trinajstić information content (AvgIpc) is 2.33. The van der Waals surface area contributed by atoms with Gasteiger partial charge in [-0.3, -0.25) is 9.36 Å². The van der Waals surface area contributed by atoms with Gasteiger partial charge in [-0.2, -0.15) is 0 Å².